The van der Waals surface area contributed by atoms with E-state index in [0.717, 1.165) is 6.07 Å². The van der Waals surface area contributed by atoms with Gasteiger partial charge < -0.3 is 20.5 Å². The van der Waals surface area contributed by atoms with Gasteiger partial charge in [0.05, 0.1) is 22.2 Å². The fourth-order valence-electron chi connectivity index (χ4n) is 6.54. The smallest absolute Gasteiger partial charge is 0.324 e. The van der Waals surface area contributed by atoms with Gasteiger partial charge in [0.25, 0.3) is 0 Å². The van der Waals surface area contributed by atoms with Gasteiger partial charge in [0.1, 0.15) is 22.8 Å². The normalized spacial score (nSPS) is 30.4. The molecule has 210 valence electrons. The van der Waals surface area contributed by atoms with Gasteiger partial charge in [-0.1, -0.05) is 56.1 Å². The molecule has 0 unspecified atom stereocenters. The van der Waals surface area contributed by atoms with Crippen molar-refractivity contribution in [2.45, 2.75) is 88.4 Å². The summed E-state index contributed by atoms with van der Waals surface area (Å²) in [5.41, 5.74) is -1.69. The average molecular weight is 581 g/mol. The van der Waals surface area contributed by atoms with Crippen molar-refractivity contribution in [2.75, 3.05) is 0 Å². The first-order valence-electron chi connectivity index (χ1n) is 13.2. The Balaban J connectivity index is 1.69. The number of rotatable bonds is 4. The topological polar surface area (TPSA) is 87.7 Å². The maximum atomic E-state index is 15.8. The molecular weight excluding hydrogens is 549 g/mol. The van der Waals surface area contributed by atoms with Crippen molar-refractivity contribution >= 4 is 35.1 Å². The molecule has 39 heavy (non-hydrogen) atoms. The Labute approximate surface area is 236 Å². The molecule has 3 aliphatic rings. The fourth-order valence-corrected chi connectivity index (χ4v) is 6.87. The number of hydrogen-bond donors (Lipinski definition) is 3. The van der Waals surface area contributed by atoms with Gasteiger partial charge in [-0.15, -0.1) is 0 Å². The van der Waals surface area contributed by atoms with Gasteiger partial charge in [0.15, 0.2) is 0 Å². The van der Waals surface area contributed by atoms with Gasteiger partial charge in [-0.25, -0.2) is 8.78 Å². The lowest BCUT2D eigenvalue weighted by Gasteiger charge is -2.36. The molecule has 2 heterocycles. The predicted octanol–water partition coefficient (Wildman–Crippen LogP) is 5.41. The van der Waals surface area contributed by atoms with Crippen LogP contribution in [0.3, 0.4) is 0 Å². The SMILES string of the molecule is CC(C)(C)C[C@H]1N[C@@H](C(=O)N[C@H]2CC[C@H](O)CC2)[C@H](c2cccc(Cl)c2F)[C@@]12C(=O)Oc1cc(Cl)c(F)cc12. The lowest BCUT2D eigenvalue weighted by molar-refractivity contribution is -0.139. The third-order valence-corrected chi connectivity index (χ3v) is 8.80. The van der Waals surface area contributed by atoms with Crippen LogP contribution in [0.2, 0.25) is 10.0 Å². The van der Waals surface area contributed by atoms with Crippen LogP contribution in [0, 0.1) is 17.0 Å². The Kier molecular flexibility index (Phi) is 7.46. The molecule has 0 bridgehead atoms. The summed E-state index contributed by atoms with van der Waals surface area (Å²) in [5, 5.41) is 15.9. The zero-order valence-electron chi connectivity index (χ0n) is 22.0. The van der Waals surface area contributed by atoms with Gasteiger partial charge in [0.2, 0.25) is 5.91 Å². The molecule has 6 nitrogen and oxygen atoms in total. The molecule has 1 saturated heterocycles. The Bertz CT molecular complexity index is 1310. The molecule has 2 aliphatic heterocycles. The van der Waals surface area contributed by atoms with Crippen LogP contribution in [0.5, 0.6) is 5.75 Å². The minimum Gasteiger partial charge on any atom is -0.425 e. The lowest BCUT2D eigenvalue weighted by Crippen LogP contribution is -2.49. The molecule has 2 aromatic rings. The highest BCUT2D eigenvalue weighted by molar-refractivity contribution is 6.31. The van der Waals surface area contributed by atoms with Crippen LogP contribution in [0.15, 0.2) is 30.3 Å². The maximum absolute atomic E-state index is 15.8. The van der Waals surface area contributed by atoms with E-state index in [9.17, 15) is 19.1 Å². The number of fused-ring (bicyclic) bond motifs is 2. The molecule has 4 atom stereocenters. The van der Waals surface area contributed by atoms with Crippen LogP contribution >= 0.6 is 23.2 Å². The number of aliphatic hydroxyl groups is 1. The lowest BCUT2D eigenvalue weighted by atomic mass is 9.62. The number of hydrogen-bond acceptors (Lipinski definition) is 5. The highest BCUT2D eigenvalue weighted by Gasteiger charge is 2.68. The maximum Gasteiger partial charge on any atom is 0.324 e. The average Bonchev–Trinajstić information content (AvgIpc) is 3.32. The van der Waals surface area contributed by atoms with Crippen molar-refractivity contribution < 1.29 is 28.2 Å². The van der Waals surface area contributed by atoms with Crippen LogP contribution in [-0.4, -0.2) is 41.2 Å². The van der Waals surface area contributed by atoms with E-state index >= 15 is 4.39 Å². The number of carbonyl (C=O) groups is 2. The number of ether oxygens (including phenoxy) is 1. The molecule has 10 heteroatoms. The molecule has 0 aromatic heterocycles. The van der Waals surface area contributed by atoms with Crippen molar-refractivity contribution in [1.29, 1.82) is 0 Å². The van der Waals surface area contributed by atoms with Crippen LogP contribution in [0.4, 0.5) is 8.78 Å². The van der Waals surface area contributed by atoms with E-state index in [-0.39, 0.29) is 38.4 Å². The third-order valence-electron chi connectivity index (χ3n) is 8.22. The quantitative estimate of drug-likeness (QED) is 0.332. The summed E-state index contributed by atoms with van der Waals surface area (Å²) >= 11 is 12.2. The fraction of sp³-hybridized carbons (Fsp3) is 0.517. The second-order valence-electron chi connectivity index (χ2n) is 12.1. The van der Waals surface area contributed by atoms with E-state index in [1.165, 1.54) is 18.2 Å². The Morgan fingerprint density at radius 3 is 2.51 bits per heavy atom. The number of nitrogens with one attached hydrogen (secondary N) is 2. The first-order valence-corrected chi connectivity index (χ1v) is 14.0. The summed E-state index contributed by atoms with van der Waals surface area (Å²) in [4.78, 5) is 27.9. The predicted molar refractivity (Wildman–Crippen MR) is 144 cm³/mol. The number of amides is 1. The van der Waals surface area contributed by atoms with E-state index in [1.54, 1.807) is 6.07 Å². The number of carbonyl (C=O) groups excluding carboxylic acids is 2. The van der Waals surface area contributed by atoms with Crippen molar-refractivity contribution in [3.05, 3.63) is 63.1 Å². The summed E-state index contributed by atoms with van der Waals surface area (Å²) in [6, 6.07) is 4.93. The first-order chi connectivity index (χ1) is 18.3. The first kappa shape index (κ1) is 28.3. The van der Waals surface area contributed by atoms with E-state index in [4.69, 9.17) is 27.9 Å². The minimum atomic E-state index is -1.63. The molecule has 3 N–H and O–H groups in total. The number of benzene rings is 2. The van der Waals surface area contributed by atoms with Gasteiger partial charge in [-0.05, 0) is 55.2 Å². The standard InChI is InChI=1S/C29H32Cl2F2N2O4/c1-28(2,3)13-22-29(17-11-20(32)19(31)12-21(17)39-27(29)38)23(16-5-4-6-18(30)24(16)33)25(35-22)26(37)34-14-7-9-15(36)10-8-14/h4-6,11-12,14-15,22-23,25,35-36H,7-10,13H2,1-3H3,(H,34,37)/t14-,15-,22-,23+,25-,29+/m1/s1. The number of esters is 1. The van der Waals surface area contributed by atoms with Crippen LogP contribution in [0.1, 0.15) is 69.9 Å². The van der Waals surface area contributed by atoms with Crippen molar-refractivity contribution in [1.82, 2.24) is 10.6 Å². The molecule has 1 spiro atoms. The van der Waals surface area contributed by atoms with E-state index in [0.29, 0.717) is 32.1 Å². The molecule has 1 aliphatic carbocycles. The number of aliphatic hydroxyl groups excluding tert-OH is 1. The summed E-state index contributed by atoms with van der Waals surface area (Å²) < 4.78 is 36.4. The second kappa shape index (κ2) is 10.3. The van der Waals surface area contributed by atoms with Crippen molar-refractivity contribution in [3.8, 4) is 5.75 Å². The van der Waals surface area contributed by atoms with Crippen LogP contribution < -0.4 is 15.4 Å². The van der Waals surface area contributed by atoms with E-state index in [2.05, 4.69) is 10.6 Å². The Morgan fingerprint density at radius 2 is 1.85 bits per heavy atom. The summed E-state index contributed by atoms with van der Waals surface area (Å²) in [7, 11) is 0. The molecule has 2 fully saturated rings. The molecular formula is C29H32Cl2F2N2O4. The van der Waals surface area contributed by atoms with E-state index < -0.39 is 53.0 Å². The third kappa shape index (κ3) is 4.94. The van der Waals surface area contributed by atoms with Gasteiger partial charge >= 0.3 is 5.97 Å². The summed E-state index contributed by atoms with van der Waals surface area (Å²) in [5.74, 6) is -3.64. The largest absolute Gasteiger partial charge is 0.425 e. The zero-order chi connectivity index (χ0) is 28.3. The van der Waals surface area contributed by atoms with E-state index in [1.807, 2.05) is 20.8 Å². The van der Waals surface area contributed by atoms with Crippen molar-refractivity contribution in [2.24, 2.45) is 5.41 Å². The zero-order valence-corrected chi connectivity index (χ0v) is 23.5. The molecule has 1 amide bonds. The van der Waals surface area contributed by atoms with Gasteiger partial charge in [0, 0.05) is 29.6 Å². The molecule has 0 radical (unpaired) electrons. The highest BCUT2D eigenvalue weighted by Crippen LogP contribution is 2.58. The Hall–Kier alpha value is -2.26. The van der Waals surface area contributed by atoms with Crippen LogP contribution in [0.25, 0.3) is 0 Å². The minimum absolute atomic E-state index is 0.0609. The summed E-state index contributed by atoms with van der Waals surface area (Å²) in [6.07, 6.45) is 2.31. The number of halogens is 4. The molecule has 2 aromatic carbocycles. The molecule has 5 rings (SSSR count). The van der Waals surface area contributed by atoms with Crippen molar-refractivity contribution in [3.63, 3.8) is 0 Å². The van der Waals surface area contributed by atoms with Gasteiger partial charge in [-0.2, -0.15) is 0 Å². The van der Waals surface area contributed by atoms with Crippen LogP contribution in [-0.2, 0) is 15.0 Å². The molecule has 1 saturated carbocycles. The monoisotopic (exact) mass is 580 g/mol. The highest BCUT2D eigenvalue weighted by atomic mass is 35.5. The summed E-state index contributed by atoms with van der Waals surface area (Å²) in [6.45, 7) is 5.96. The Morgan fingerprint density at radius 1 is 1.15 bits per heavy atom. The second-order valence-corrected chi connectivity index (χ2v) is 12.9. The van der Waals surface area contributed by atoms with Gasteiger partial charge in [-0.3, -0.25) is 9.59 Å².